The number of halogens is 1. The standard InChI is InChI=1S/C15H17ClN2OS/c1-2-13-9-18(10-15-17-5-6-20-15)8-11-3-4-12(16)7-14(11)19-13/h3-7,13H,2,8-10H2,1H3. The molecule has 0 saturated heterocycles. The van der Waals surface area contributed by atoms with Crippen molar-refractivity contribution in [2.24, 2.45) is 0 Å². The SMILES string of the molecule is CCC1CN(Cc2nccs2)Cc2ccc(Cl)cc2O1. The second kappa shape index (κ2) is 6.12. The number of aromatic nitrogens is 1. The molecule has 0 N–H and O–H groups in total. The summed E-state index contributed by atoms with van der Waals surface area (Å²) in [6.07, 6.45) is 3.05. The van der Waals surface area contributed by atoms with Gasteiger partial charge in [-0.25, -0.2) is 4.98 Å². The average Bonchev–Trinajstić information content (AvgIpc) is 2.86. The molecule has 1 unspecified atom stereocenters. The molecule has 3 nitrogen and oxygen atoms in total. The van der Waals surface area contributed by atoms with E-state index in [9.17, 15) is 0 Å². The van der Waals surface area contributed by atoms with Gasteiger partial charge in [0.15, 0.2) is 0 Å². The molecule has 0 fully saturated rings. The van der Waals surface area contributed by atoms with E-state index in [1.54, 1.807) is 11.3 Å². The van der Waals surface area contributed by atoms with Crippen LogP contribution >= 0.6 is 22.9 Å². The van der Waals surface area contributed by atoms with Crippen LogP contribution in [0.3, 0.4) is 0 Å². The highest BCUT2D eigenvalue weighted by Gasteiger charge is 2.22. The van der Waals surface area contributed by atoms with Gasteiger partial charge in [-0.2, -0.15) is 0 Å². The monoisotopic (exact) mass is 308 g/mol. The highest BCUT2D eigenvalue weighted by molar-refractivity contribution is 7.09. The van der Waals surface area contributed by atoms with Gasteiger partial charge >= 0.3 is 0 Å². The molecule has 1 aliphatic rings. The molecule has 1 atom stereocenters. The van der Waals surface area contributed by atoms with E-state index in [0.29, 0.717) is 0 Å². The van der Waals surface area contributed by atoms with Gasteiger partial charge in [0.25, 0.3) is 0 Å². The van der Waals surface area contributed by atoms with Crippen LogP contribution in [0.1, 0.15) is 23.9 Å². The van der Waals surface area contributed by atoms with E-state index in [2.05, 4.69) is 22.9 Å². The van der Waals surface area contributed by atoms with Crippen molar-refractivity contribution in [1.82, 2.24) is 9.88 Å². The fourth-order valence-corrected chi connectivity index (χ4v) is 3.25. The molecule has 2 aromatic rings. The maximum atomic E-state index is 6.09. The predicted octanol–water partition coefficient (Wildman–Crippen LogP) is 3.97. The Morgan fingerprint density at radius 1 is 1.50 bits per heavy atom. The molecule has 2 heterocycles. The van der Waals surface area contributed by atoms with Crippen LogP contribution in [0.5, 0.6) is 5.75 Å². The Hall–Kier alpha value is -1.10. The molecule has 0 amide bonds. The molecule has 5 heteroatoms. The number of ether oxygens (including phenoxy) is 1. The van der Waals surface area contributed by atoms with Crippen LogP contribution < -0.4 is 4.74 Å². The maximum absolute atomic E-state index is 6.09. The van der Waals surface area contributed by atoms with Gasteiger partial charge in [-0.3, -0.25) is 4.90 Å². The number of fused-ring (bicyclic) bond motifs is 1. The lowest BCUT2D eigenvalue weighted by molar-refractivity contribution is 0.139. The molecule has 0 bridgehead atoms. The normalized spacial score (nSPS) is 19.2. The summed E-state index contributed by atoms with van der Waals surface area (Å²) in [4.78, 5) is 6.77. The molecule has 1 aromatic heterocycles. The summed E-state index contributed by atoms with van der Waals surface area (Å²) in [6, 6.07) is 5.91. The molecule has 106 valence electrons. The number of benzene rings is 1. The van der Waals surface area contributed by atoms with Gasteiger partial charge in [-0.1, -0.05) is 24.6 Å². The fourth-order valence-electron chi connectivity index (χ4n) is 2.43. The molecule has 1 aliphatic heterocycles. The minimum atomic E-state index is 0.203. The Bertz CT molecular complexity index is 573. The topological polar surface area (TPSA) is 25.4 Å². The van der Waals surface area contributed by atoms with Crippen molar-refractivity contribution in [3.05, 3.63) is 45.4 Å². The van der Waals surface area contributed by atoms with Crippen molar-refractivity contribution in [2.75, 3.05) is 6.54 Å². The number of hydrogen-bond acceptors (Lipinski definition) is 4. The molecule has 1 aromatic carbocycles. The molecule has 0 radical (unpaired) electrons. The van der Waals surface area contributed by atoms with E-state index in [0.717, 1.165) is 41.8 Å². The molecule has 0 aliphatic carbocycles. The van der Waals surface area contributed by atoms with Gasteiger partial charge in [0.05, 0.1) is 6.54 Å². The largest absolute Gasteiger partial charge is 0.489 e. The number of nitrogens with zero attached hydrogens (tertiary/aromatic N) is 2. The minimum Gasteiger partial charge on any atom is -0.489 e. The first-order chi connectivity index (χ1) is 9.74. The molecular formula is C15H17ClN2OS. The predicted molar refractivity (Wildman–Crippen MR) is 82.4 cm³/mol. The summed E-state index contributed by atoms with van der Waals surface area (Å²) in [5.41, 5.74) is 1.20. The van der Waals surface area contributed by atoms with Crippen molar-refractivity contribution in [3.8, 4) is 5.75 Å². The zero-order chi connectivity index (χ0) is 13.9. The summed E-state index contributed by atoms with van der Waals surface area (Å²) in [5.74, 6) is 0.922. The maximum Gasteiger partial charge on any atom is 0.125 e. The highest BCUT2D eigenvalue weighted by Crippen LogP contribution is 2.29. The van der Waals surface area contributed by atoms with Crippen LogP contribution in [0.15, 0.2) is 29.8 Å². The second-order valence-electron chi connectivity index (χ2n) is 5.00. The molecule has 20 heavy (non-hydrogen) atoms. The Balaban J connectivity index is 1.84. The van der Waals surface area contributed by atoms with Crippen molar-refractivity contribution in [2.45, 2.75) is 32.5 Å². The van der Waals surface area contributed by atoms with Gasteiger partial charge in [0.1, 0.15) is 16.9 Å². The smallest absolute Gasteiger partial charge is 0.125 e. The fraction of sp³-hybridized carbons (Fsp3) is 0.400. The van der Waals surface area contributed by atoms with Gasteiger partial charge in [-0.15, -0.1) is 11.3 Å². The van der Waals surface area contributed by atoms with Gasteiger partial charge in [0, 0.05) is 35.3 Å². The first kappa shape index (κ1) is 13.9. The summed E-state index contributed by atoms with van der Waals surface area (Å²) < 4.78 is 6.09. The lowest BCUT2D eigenvalue weighted by atomic mass is 10.2. The summed E-state index contributed by atoms with van der Waals surface area (Å²) in [5, 5.41) is 3.90. The van der Waals surface area contributed by atoms with Crippen LogP contribution in [0, 0.1) is 0 Å². The van der Waals surface area contributed by atoms with Crippen molar-refractivity contribution in [1.29, 1.82) is 0 Å². The molecular weight excluding hydrogens is 292 g/mol. The molecule has 3 rings (SSSR count). The third kappa shape index (κ3) is 3.14. The van der Waals surface area contributed by atoms with E-state index >= 15 is 0 Å². The van der Waals surface area contributed by atoms with Crippen LogP contribution in [-0.2, 0) is 13.1 Å². The molecule has 0 saturated carbocycles. The summed E-state index contributed by atoms with van der Waals surface area (Å²) in [7, 11) is 0. The Morgan fingerprint density at radius 3 is 3.15 bits per heavy atom. The first-order valence-electron chi connectivity index (χ1n) is 6.80. The summed E-state index contributed by atoms with van der Waals surface area (Å²) >= 11 is 7.77. The first-order valence-corrected chi connectivity index (χ1v) is 8.06. The van der Waals surface area contributed by atoms with Crippen molar-refractivity contribution < 1.29 is 4.74 Å². The zero-order valence-corrected chi connectivity index (χ0v) is 13.0. The second-order valence-corrected chi connectivity index (χ2v) is 6.41. The Labute approximate surface area is 128 Å². The highest BCUT2D eigenvalue weighted by atomic mass is 35.5. The minimum absolute atomic E-state index is 0.203. The lowest BCUT2D eigenvalue weighted by Crippen LogP contribution is -2.32. The Kier molecular flexibility index (Phi) is 4.24. The Morgan fingerprint density at radius 2 is 2.40 bits per heavy atom. The van der Waals surface area contributed by atoms with E-state index < -0.39 is 0 Å². The van der Waals surface area contributed by atoms with E-state index in [4.69, 9.17) is 16.3 Å². The summed E-state index contributed by atoms with van der Waals surface area (Å²) in [6.45, 7) is 4.83. The van der Waals surface area contributed by atoms with Gasteiger partial charge < -0.3 is 4.74 Å². The average molecular weight is 309 g/mol. The number of thiazole rings is 1. The van der Waals surface area contributed by atoms with Crippen LogP contribution in [-0.4, -0.2) is 22.5 Å². The number of rotatable bonds is 3. The van der Waals surface area contributed by atoms with Gasteiger partial charge in [0.2, 0.25) is 0 Å². The quantitative estimate of drug-likeness (QED) is 0.858. The van der Waals surface area contributed by atoms with Gasteiger partial charge in [-0.05, 0) is 18.6 Å². The van der Waals surface area contributed by atoms with E-state index in [-0.39, 0.29) is 6.10 Å². The van der Waals surface area contributed by atoms with Crippen LogP contribution in [0.4, 0.5) is 0 Å². The van der Waals surface area contributed by atoms with Crippen molar-refractivity contribution >= 4 is 22.9 Å². The third-order valence-corrected chi connectivity index (χ3v) is 4.48. The van der Waals surface area contributed by atoms with E-state index in [1.807, 2.05) is 23.7 Å². The third-order valence-electron chi connectivity index (χ3n) is 3.48. The zero-order valence-electron chi connectivity index (χ0n) is 11.4. The van der Waals surface area contributed by atoms with Crippen LogP contribution in [0.2, 0.25) is 5.02 Å². The molecule has 0 spiro atoms. The number of hydrogen-bond donors (Lipinski definition) is 0. The van der Waals surface area contributed by atoms with Crippen molar-refractivity contribution in [3.63, 3.8) is 0 Å². The van der Waals surface area contributed by atoms with Crippen LogP contribution in [0.25, 0.3) is 0 Å². The lowest BCUT2D eigenvalue weighted by Gasteiger charge is -2.22. The van der Waals surface area contributed by atoms with E-state index in [1.165, 1.54) is 5.56 Å².